The van der Waals surface area contributed by atoms with Crippen LogP contribution in [0.3, 0.4) is 0 Å². The van der Waals surface area contributed by atoms with Crippen LogP contribution in [0.1, 0.15) is 16.7 Å². The number of aliphatic hydroxyl groups excluding tert-OH is 1. The molecular formula is C18H24N2O. The third-order valence-corrected chi connectivity index (χ3v) is 3.53. The largest absolute Gasteiger partial charge is 0.395 e. The average Bonchev–Trinajstić information content (AvgIpc) is 2.49. The van der Waals surface area contributed by atoms with Crippen LogP contribution in [0.15, 0.2) is 48.5 Å². The van der Waals surface area contributed by atoms with Gasteiger partial charge in [0.05, 0.1) is 6.61 Å². The third kappa shape index (κ3) is 4.31. The number of nitrogens with one attached hydrogen (secondary N) is 1. The Bertz CT molecular complexity index is 554. The van der Waals surface area contributed by atoms with E-state index in [2.05, 4.69) is 59.6 Å². The predicted octanol–water partition coefficient (Wildman–Crippen LogP) is 2.71. The van der Waals surface area contributed by atoms with Crippen molar-refractivity contribution in [1.82, 2.24) is 5.32 Å². The zero-order chi connectivity index (χ0) is 15.1. The van der Waals surface area contributed by atoms with Crippen molar-refractivity contribution in [2.24, 2.45) is 0 Å². The molecule has 0 aliphatic heterocycles. The molecular weight excluding hydrogens is 260 g/mol. The lowest BCUT2D eigenvalue weighted by Gasteiger charge is -2.27. The highest BCUT2D eigenvalue weighted by molar-refractivity contribution is 5.55. The van der Waals surface area contributed by atoms with Gasteiger partial charge in [-0.15, -0.1) is 0 Å². The van der Waals surface area contributed by atoms with Crippen LogP contribution >= 0.6 is 0 Å². The molecule has 0 radical (unpaired) electrons. The fraction of sp³-hybridized carbons (Fsp3) is 0.333. The minimum absolute atomic E-state index is 0.152. The number of aliphatic hydroxyl groups is 1. The first-order valence-electron chi connectivity index (χ1n) is 7.38. The van der Waals surface area contributed by atoms with Gasteiger partial charge in [0, 0.05) is 25.3 Å². The summed E-state index contributed by atoms with van der Waals surface area (Å²) in [6, 6.07) is 16.9. The molecule has 3 heteroatoms. The van der Waals surface area contributed by atoms with Gasteiger partial charge in [0.2, 0.25) is 0 Å². The minimum Gasteiger partial charge on any atom is -0.395 e. The lowest BCUT2D eigenvalue weighted by atomic mass is 10.1. The molecule has 0 aromatic heterocycles. The van der Waals surface area contributed by atoms with Crippen LogP contribution in [0.4, 0.5) is 5.69 Å². The number of anilines is 1. The summed E-state index contributed by atoms with van der Waals surface area (Å²) >= 11 is 0. The molecule has 0 fully saturated rings. The summed E-state index contributed by atoms with van der Waals surface area (Å²) in [5, 5.41) is 12.6. The van der Waals surface area contributed by atoms with E-state index in [9.17, 15) is 5.11 Å². The van der Waals surface area contributed by atoms with E-state index in [1.54, 1.807) is 0 Å². The molecule has 0 unspecified atom stereocenters. The van der Waals surface area contributed by atoms with E-state index in [-0.39, 0.29) is 6.61 Å². The van der Waals surface area contributed by atoms with Crippen LogP contribution in [0.25, 0.3) is 0 Å². The summed E-state index contributed by atoms with van der Waals surface area (Å²) in [4.78, 5) is 2.24. The molecule has 0 saturated carbocycles. The van der Waals surface area contributed by atoms with Crippen LogP contribution in [0.2, 0.25) is 0 Å². The molecule has 2 N–H and O–H groups in total. The van der Waals surface area contributed by atoms with Crippen molar-refractivity contribution in [2.75, 3.05) is 25.1 Å². The number of nitrogens with zero attached hydrogens (tertiary/aromatic N) is 1. The minimum atomic E-state index is 0.152. The number of benzene rings is 2. The van der Waals surface area contributed by atoms with Crippen LogP contribution in [0.5, 0.6) is 0 Å². The Labute approximate surface area is 127 Å². The predicted molar refractivity (Wildman–Crippen MR) is 88.5 cm³/mol. The van der Waals surface area contributed by atoms with Gasteiger partial charge in [-0.1, -0.05) is 48.0 Å². The highest BCUT2D eigenvalue weighted by Gasteiger charge is 2.11. The van der Waals surface area contributed by atoms with E-state index in [4.69, 9.17) is 0 Å². The van der Waals surface area contributed by atoms with Crippen molar-refractivity contribution >= 4 is 5.69 Å². The number of aryl methyl sites for hydroxylation is 1. The lowest BCUT2D eigenvalue weighted by Crippen LogP contribution is -2.27. The second-order valence-corrected chi connectivity index (χ2v) is 5.29. The zero-order valence-electron chi connectivity index (χ0n) is 12.8. The maximum atomic E-state index is 9.39. The Morgan fingerprint density at radius 3 is 2.52 bits per heavy atom. The van der Waals surface area contributed by atoms with Crippen molar-refractivity contribution in [2.45, 2.75) is 20.0 Å². The third-order valence-electron chi connectivity index (χ3n) is 3.53. The average molecular weight is 284 g/mol. The van der Waals surface area contributed by atoms with E-state index in [1.807, 2.05) is 13.1 Å². The van der Waals surface area contributed by atoms with Gasteiger partial charge in [-0.3, -0.25) is 0 Å². The van der Waals surface area contributed by atoms with E-state index in [0.717, 1.165) is 13.1 Å². The number of hydrogen-bond acceptors (Lipinski definition) is 3. The number of hydrogen-bond donors (Lipinski definition) is 2. The molecule has 0 aliphatic carbocycles. The summed E-state index contributed by atoms with van der Waals surface area (Å²) in [5.74, 6) is 0. The standard InChI is InChI=1S/C18H24N2O/c1-15-8-9-18(17(12-15)13-19-2)20(10-11-21)14-16-6-4-3-5-7-16/h3-9,12,19,21H,10-11,13-14H2,1-2H3. The van der Waals surface area contributed by atoms with Crippen molar-refractivity contribution in [3.63, 3.8) is 0 Å². The van der Waals surface area contributed by atoms with Gasteiger partial charge in [0.25, 0.3) is 0 Å². The molecule has 0 spiro atoms. The first-order chi connectivity index (χ1) is 10.2. The zero-order valence-corrected chi connectivity index (χ0v) is 12.8. The van der Waals surface area contributed by atoms with E-state index < -0.39 is 0 Å². The van der Waals surface area contributed by atoms with Crippen molar-refractivity contribution in [3.05, 3.63) is 65.2 Å². The van der Waals surface area contributed by atoms with Crippen LogP contribution < -0.4 is 10.2 Å². The highest BCUT2D eigenvalue weighted by Crippen LogP contribution is 2.23. The van der Waals surface area contributed by atoms with Gasteiger partial charge in [-0.25, -0.2) is 0 Å². The Morgan fingerprint density at radius 2 is 1.86 bits per heavy atom. The molecule has 0 atom stereocenters. The van der Waals surface area contributed by atoms with Crippen molar-refractivity contribution in [1.29, 1.82) is 0 Å². The highest BCUT2D eigenvalue weighted by atomic mass is 16.3. The molecule has 2 rings (SSSR count). The van der Waals surface area contributed by atoms with E-state index in [1.165, 1.54) is 22.4 Å². The van der Waals surface area contributed by atoms with Crippen LogP contribution in [0, 0.1) is 6.92 Å². The van der Waals surface area contributed by atoms with Crippen molar-refractivity contribution < 1.29 is 5.11 Å². The maximum Gasteiger partial charge on any atom is 0.0606 e. The van der Waals surface area contributed by atoms with Crippen LogP contribution in [-0.4, -0.2) is 25.3 Å². The molecule has 0 aliphatic rings. The first-order valence-corrected chi connectivity index (χ1v) is 7.38. The molecule has 0 saturated heterocycles. The first kappa shape index (κ1) is 15.5. The molecule has 2 aromatic rings. The quantitative estimate of drug-likeness (QED) is 0.820. The fourth-order valence-electron chi connectivity index (χ4n) is 2.56. The summed E-state index contributed by atoms with van der Waals surface area (Å²) < 4.78 is 0. The second-order valence-electron chi connectivity index (χ2n) is 5.29. The summed E-state index contributed by atoms with van der Waals surface area (Å²) in [6.07, 6.45) is 0. The number of rotatable bonds is 7. The summed E-state index contributed by atoms with van der Waals surface area (Å²) in [7, 11) is 1.96. The topological polar surface area (TPSA) is 35.5 Å². The Morgan fingerprint density at radius 1 is 1.10 bits per heavy atom. The van der Waals surface area contributed by atoms with Crippen LogP contribution in [-0.2, 0) is 13.1 Å². The van der Waals surface area contributed by atoms with Gasteiger partial charge in [0.1, 0.15) is 0 Å². The lowest BCUT2D eigenvalue weighted by molar-refractivity contribution is 0.301. The van der Waals surface area contributed by atoms with Gasteiger partial charge < -0.3 is 15.3 Å². The molecule has 0 amide bonds. The van der Waals surface area contributed by atoms with Gasteiger partial charge in [0.15, 0.2) is 0 Å². The monoisotopic (exact) mass is 284 g/mol. The van der Waals surface area contributed by atoms with Gasteiger partial charge >= 0.3 is 0 Å². The Hall–Kier alpha value is -1.84. The smallest absolute Gasteiger partial charge is 0.0606 e. The Balaban J connectivity index is 2.29. The molecule has 0 heterocycles. The van der Waals surface area contributed by atoms with Gasteiger partial charge in [-0.2, -0.15) is 0 Å². The Kier molecular flexibility index (Phi) is 5.78. The summed E-state index contributed by atoms with van der Waals surface area (Å²) in [5.41, 5.74) is 4.96. The van der Waals surface area contributed by atoms with Gasteiger partial charge in [-0.05, 0) is 31.2 Å². The summed E-state index contributed by atoms with van der Waals surface area (Å²) in [6.45, 7) is 4.53. The maximum absolute atomic E-state index is 9.39. The molecule has 21 heavy (non-hydrogen) atoms. The molecule has 2 aromatic carbocycles. The molecule has 3 nitrogen and oxygen atoms in total. The van der Waals surface area contributed by atoms with E-state index >= 15 is 0 Å². The molecule has 0 bridgehead atoms. The molecule has 112 valence electrons. The normalized spacial score (nSPS) is 10.6. The van der Waals surface area contributed by atoms with Crippen molar-refractivity contribution in [3.8, 4) is 0 Å². The fourth-order valence-corrected chi connectivity index (χ4v) is 2.56. The SMILES string of the molecule is CNCc1cc(C)ccc1N(CCO)Cc1ccccc1. The second kappa shape index (κ2) is 7.81. The van der Waals surface area contributed by atoms with E-state index in [0.29, 0.717) is 6.54 Å².